The van der Waals surface area contributed by atoms with Gasteiger partial charge in [-0.25, -0.2) is 0 Å². The second-order valence-electron chi connectivity index (χ2n) is 4.96. The minimum atomic E-state index is -0.461. The Morgan fingerprint density at radius 2 is 2.05 bits per heavy atom. The van der Waals surface area contributed by atoms with Crippen LogP contribution in [0, 0.1) is 0 Å². The van der Waals surface area contributed by atoms with Crippen molar-refractivity contribution in [1.29, 1.82) is 0 Å². The molecule has 0 aromatic heterocycles. The average Bonchev–Trinajstić information content (AvgIpc) is 2.59. The third-order valence-corrected chi connectivity index (χ3v) is 3.44. The summed E-state index contributed by atoms with van der Waals surface area (Å²) in [5.74, 6) is -0.0538. The largest absolute Gasteiger partial charge is 0.344 e. The molecule has 1 aromatic carbocycles. The highest BCUT2D eigenvalue weighted by Gasteiger charge is 2.29. The number of amides is 2. The number of carbonyl (C=O) groups excluding carboxylic acids is 2. The molecule has 0 saturated carbocycles. The standard InChI is InChI=1S/C16H20N2O2/c1-2-3-10-18-11-9-15(19)17-14(16(18)20)12-13-7-5-4-6-8-13/h2,4-8,14H,1,3,9-12H2,(H,17,19). The summed E-state index contributed by atoms with van der Waals surface area (Å²) in [5, 5.41) is 2.83. The molecular formula is C16H20N2O2. The van der Waals surface area contributed by atoms with E-state index in [1.165, 1.54) is 0 Å². The summed E-state index contributed by atoms with van der Waals surface area (Å²) >= 11 is 0. The highest BCUT2D eigenvalue weighted by molar-refractivity contribution is 5.90. The third kappa shape index (κ3) is 3.70. The molecule has 1 saturated heterocycles. The molecule has 2 rings (SSSR count). The predicted molar refractivity (Wildman–Crippen MR) is 78.1 cm³/mol. The highest BCUT2D eigenvalue weighted by Crippen LogP contribution is 2.10. The van der Waals surface area contributed by atoms with Gasteiger partial charge in [0.15, 0.2) is 0 Å². The second kappa shape index (κ2) is 6.89. The van der Waals surface area contributed by atoms with Crippen LogP contribution < -0.4 is 5.32 Å². The first kappa shape index (κ1) is 14.3. The monoisotopic (exact) mass is 272 g/mol. The van der Waals surface area contributed by atoms with E-state index in [0.29, 0.717) is 25.9 Å². The van der Waals surface area contributed by atoms with E-state index in [4.69, 9.17) is 0 Å². The Kier molecular flexibility index (Phi) is 4.93. The van der Waals surface area contributed by atoms with Crippen LogP contribution in [0.25, 0.3) is 0 Å². The zero-order chi connectivity index (χ0) is 14.4. The lowest BCUT2D eigenvalue weighted by molar-refractivity contribution is -0.133. The second-order valence-corrected chi connectivity index (χ2v) is 4.96. The molecule has 0 bridgehead atoms. The molecule has 1 heterocycles. The van der Waals surface area contributed by atoms with Gasteiger partial charge in [0.05, 0.1) is 0 Å². The van der Waals surface area contributed by atoms with E-state index in [1.807, 2.05) is 30.3 Å². The van der Waals surface area contributed by atoms with Gasteiger partial charge in [-0.3, -0.25) is 9.59 Å². The minimum Gasteiger partial charge on any atom is -0.344 e. The van der Waals surface area contributed by atoms with Crippen molar-refractivity contribution in [3.8, 4) is 0 Å². The van der Waals surface area contributed by atoms with Crippen LogP contribution in [0.15, 0.2) is 43.0 Å². The molecule has 1 fully saturated rings. The molecular weight excluding hydrogens is 252 g/mol. The van der Waals surface area contributed by atoms with E-state index in [2.05, 4.69) is 11.9 Å². The molecule has 1 aliphatic rings. The maximum Gasteiger partial charge on any atom is 0.245 e. The Labute approximate surface area is 119 Å². The zero-order valence-electron chi connectivity index (χ0n) is 11.5. The van der Waals surface area contributed by atoms with Crippen LogP contribution in [0.3, 0.4) is 0 Å². The fourth-order valence-electron chi connectivity index (χ4n) is 2.35. The van der Waals surface area contributed by atoms with Gasteiger partial charge >= 0.3 is 0 Å². The summed E-state index contributed by atoms with van der Waals surface area (Å²) in [4.78, 5) is 26.0. The molecule has 20 heavy (non-hydrogen) atoms. The number of nitrogens with zero attached hydrogens (tertiary/aromatic N) is 1. The van der Waals surface area contributed by atoms with Crippen molar-refractivity contribution in [2.75, 3.05) is 13.1 Å². The lowest BCUT2D eigenvalue weighted by atomic mass is 10.1. The molecule has 1 N–H and O–H groups in total. The minimum absolute atomic E-state index is 0.00144. The Morgan fingerprint density at radius 3 is 2.75 bits per heavy atom. The van der Waals surface area contributed by atoms with Gasteiger partial charge in [-0.1, -0.05) is 36.4 Å². The van der Waals surface area contributed by atoms with Gasteiger partial charge in [-0.15, -0.1) is 6.58 Å². The van der Waals surface area contributed by atoms with Crippen LogP contribution >= 0.6 is 0 Å². The zero-order valence-corrected chi connectivity index (χ0v) is 11.5. The third-order valence-electron chi connectivity index (χ3n) is 3.44. The fourth-order valence-corrected chi connectivity index (χ4v) is 2.35. The molecule has 1 atom stereocenters. The van der Waals surface area contributed by atoms with Crippen LogP contribution in [0.4, 0.5) is 0 Å². The number of nitrogens with one attached hydrogen (secondary N) is 1. The number of benzene rings is 1. The summed E-state index contributed by atoms with van der Waals surface area (Å²) in [6, 6.07) is 9.29. The molecule has 1 aromatic rings. The molecule has 1 aliphatic heterocycles. The van der Waals surface area contributed by atoms with E-state index in [1.54, 1.807) is 11.0 Å². The summed E-state index contributed by atoms with van der Waals surface area (Å²) in [7, 11) is 0. The van der Waals surface area contributed by atoms with Crippen molar-refractivity contribution in [2.45, 2.75) is 25.3 Å². The van der Waals surface area contributed by atoms with Crippen LogP contribution in [-0.4, -0.2) is 35.8 Å². The summed E-state index contributed by atoms with van der Waals surface area (Å²) in [6.45, 7) is 4.79. The Hall–Kier alpha value is -2.10. The number of carbonyl (C=O) groups is 2. The van der Waals surface area contributed by atoms with E-state index in [0.717, 1.165) is 12.0 Å². The molecule has 4 nitrogen and oxygen atoms in total. The molecule has 4 heteroatoms. The molecule has 2 amide bonds. The molecule has 106 valence electrons. The fraction of sp³-hybridized carbons (Fsp3) is 0.375. The van der Waals surface area contributed by atoms with Gasteiger partial charge in [-0.2, -0.15) is 0 Å². The van der Waals surface area contributed by atoms with Crippen LogP contribution in [0.5, 0.6) is 0 Å². The smallest absolute Gasteiger partial charge is 0.245 e. The van der Waals surface area contributed by atoms with Crippen molar-refractivity contribution in [3.05, 3.63) is 48.6 Å². The molecule has 0 spiro atoms. The van der Waals surface area contributed by atoms with Gasteiger partial charge in [0.2, 0.25) is 11.8 Å². The Morgan fingerprint density at radius 1 is 1.30 bits per heavy atom. The summed E-state index contributed by atoms with van der Waals surface area (Å²) < 4.78 is 0. The van der Waals surface area contributed by atoms with E-state index in [9.17, 15) is 9.59 Å². The van der Waals surface area contributed by atoms with E-state index >= 15 is 0 Å². The first-order chi connectivity index (χ1) is 9.70. The number of hydrogen-bond donors (Lipinski definition) is 1. The van der Waals surface area contributed by atoms with Crippen molar-refractivity contribution in [1.82, 2.24) is 10.2 Å². The van der Waals surface area contributed by atoms with Crippen molar-refractivity contribution < 1.29 is 9.59 Å². The average molecular weight is 272 g/mol. The summed E-state index contributed by atoms with van der Waals surface area (Å²) in [6.07, 6.45) is 3.45. The van der Waals surface area contributed by atoms with Gasteiger partial charge in [0, 0.05) is 25.9 Å². The topological polar surface area (TPSA) is 49.4 Å². The quantitative estimate of drug-likeness (QED) is 0.826. The Balaban J connectivity index is 2.09. The first-order valence-corrected chi connectivity index (χ1v) is 6.93. The number of hydrogen-bond acceptors (Lipinski definition) is 2. The van der Waals surface area contributed by atoms with E-state index < -0.39 is 6.04 Å². The predicted octanol–water partition coefficient (Wildman–Crippen LogP) is 1.52. The molecule has 0 aliphatic carbocycles. The highest BCUT2D eigenvalue weighted by atomic mass is 16.2. The van der Waals surface area contributed by atoms with E-state index in [-0.39, 0.29) is 11.8 Å². The molecule has 0 radical (unpaired) electrons. The van der Waals surface area contributed by atoms with Crippen molar-refractivity contribution in [3.63, 3.8) is 0 Å². The summed E-state index contributed by atoms with van der Waals surface area (Å²) in [5.41, 5.74) is 1.05. The Bertz CT molecular complexity index is 485. The number of rotatable bonds is 5. The van der Waals surface area contributed by atoms with Crippen molar-refractivity contribution in [2.24, 2.45) is 0 Å². The normalized spacial score (nSPS) is 19.4. The van der Waals surface area contributed by atoms with Crippen LogP contribution in [0.2, 0.25) is 0 Å². The van der Waals surface area contributed by atoms with Gasteiger partial charge in [-0.05, 0) is 12.0 Å². The maximum absolute atomic E-state index is 12.5. The van der Waals surface area contributed by atoms with Gasteiger partial charge in [0.1, 0.15) is 6.04 Å². The molecule has 1 unspecified atom stereocenters. The lowest BCUT2D eigenvalue weighted by Crippen LogP contribution is -2.46. The first-order valence-electron chi connectivity index (χ1n) is 6.93. The van der Waals surface area contributed by atoms with Crippen molar-refractivity contribution >= 4 is 11.8 Å². The van der Waals surface area contributed by atoms with Crippen LogP contribution in [0.1, 0.15) is 18.4 Å². The lowest BCUT2D eigenvalue weighted by Gasteiger charge is -2.23. The van der Waals surface area contributed by atoms with Gasteiger partial charge < -0.3 is 10.2 Å². The maximum atomic E-state index is 12.5. The van der Waals surface area contributed by atoms with Crippen LogP contribution in [-0.2, 0) is 16.0 Å². The van der Waals surface area contributed by atoms with Gasteiger partial charge in [0.25, 0.3) is 0 Å². The SMILES string of the molecule is C=CCCN1CCC(=O)NC(Cc2ccccc2)C1=O.